The summed E-state index contributed by atoms with van der Waals surface area (Å²) in [6, 6.07) is 8.90. The predicted molar refractivity (Wildman–Crippen MR) is 111 cm³/mol. The second-order valence-corrected chi connectivity index (χ2v) is 9.13. The fourth-order valence-corrected chi connectivity index (χ4v) is 5.08. The van der Waals surface area contributed by atoms with E-state index in [1.807, 2.05) is 19.1 Å². The molecule has 0 aliphatic rings. The Hall–Kier alpha value is -1.90. The van der Waals surface area contributed by atoms with E-state index in [0.717, 1.165) is 30.0 Å². The van der Waals surface area contributed by atoms with Gasteiger partial charge in [-0.1, -0.05) is 24.6 Å². The number of nitrogens with one attached hydrogen (secondary N) is 2. The molecule has 0 aliphatic heterocycles. The molecule has 2 aromatic rings. The van der Waals surface area contributed by atoms with Gasteiger partial charge in [-0.2, -0.15) is 0 Å². The number of thiophene rings is 1. The van der Waals surface area contributed by atoms with Gasteiger partial charge in [0.25, 0.3) is 15.9 Å². The summed E-state index contributed by atoms with van der Waals surface area (Å²) >= 11 is 1.12. The molecule has 2 rings (SSSR count). The van der Waals surface area contributed by atoms with Crippen LogP contribution in [0, 0.1) is 6.92 Å². The van der Waals surface area contributed by atoms with Gasteiger partial charge in [-0.15, -0.1) is 11.3 Å². The van der Waals surface area contributed by atoms with Crippen molar-refractivity contribution in [1.29, 1.82) is 0 Å². The molecule has 0 saturated heterocycles. The third kappa shape index (κ3) is 5.79. The summed E-state index contributed by atoms with van der Waals surface area (Å²) in [5.41, 5.74) is 1.50. The van der Waals surface area contributed by atoms with Gasteiger partial charge >= 0.3 is 0 Å². The third-order valence-electron chi connectivity index (χ3n) is 4.25. The number of carbonyl (C=O) groups is 1. The van der Waals surface area contributed by atoms with E-state index in [1.54, 1.807) is 17.5 Å². The number of aryl methyl sites for hydroxylation is 1. The van der Waals surface area contributed by atoms with Gasteiger partial charge in [0.1, 0.15) is 9.77 Å². The van der Waals surface area contributed by atoms with Gasteiger partial charge in [-0.3, -0.25) is 14.4 Å². The molecule has 8 heteroatoms. The Morgan fingerprint density at radius 2 is 1.85 bits per heavy atom. The summed E-state index contributed by atoms with van der Waals surface area (Å²) in [6.07, 6.45) is 0. The van der Waals surface area contributed by atoms with Crippen LogP contribution in [-0.4, -0.2) is 44.9 Å². The number of nitrogens with zero attached hydrogens (tertiary/aromatic N) is 1. The van der Waals surface area contributed by atoms with Crippen molar-refractivity contribution in [3.05, 3.63) is 46.2 Å². The maximum Gasteiger partial charge on any atom is 0.263 e. The molecular weight excluding hydrogens is 382 g/mol. The van der Waals surface area contributed by atoms with Crippen molar-refractivity contribution >= 4 is 33.0 Å². The number of likely N-dealkylation sites (N-methyl/N-ethyl adjacent to an activating group) is 1. The molecule has 2 N–H and O–H groups in total. The quantitative estimate of drug-likeness (QED) is 0.666. The number of rotatable bonds is 9. The van der Waals surface area contributed by atoms with Gasteiger partial charge in [0, 0.05) is 24.8 Å². The van der Waals surface area contributed by atoms with E-state index in [2.05, 4.69) is 35.7 Å². The first-order valence-electron chi connectivity index (χ1n) is 8.93. The zero-order valence-corrected chi connectivity index (χ0v) is 17.8. The van der Waals surface area contributed by atoms with Crippen molar-refractivity contribution in [2.75, 3.05) is 24.4 Å². The van der Waals surface area contributed by atoms with Gasteiger partial charge in [-0.05, 0) is 50.9 Å². The Labute approximate surface area is 165 Å². The molecule has 27 heavy (non-hydrogen) atoms. The van der Waals surface area contributed by atoms with Crippen molar-refractivity contribution in [2.24, 2.45) is 0 Å². The third-order valence-corrected chi connectivity index (χ3v) is 6.72. The van der Waals surface area contributed by atoms with E-state index >= 15 is 0 Å². The molecule has 6 nitrogen and oxygen atoms in total. The summed E-state index contributed by atoms with van der Waals surface area (Å²) in [5.74, 6) is -0.367. The summed E-state index contributed by atoms with van der Waals surface area (Å²) in [4.78, 5) is 14.9. The number of sulfonamides is 1. The molecule has 1 aromatic carbocycles. The van der Waals surface area contributed by atoms with Crippen LogP contribution >= 0.6 is 11.3 Å². The van der Waals surface area contributed by atoms with Gasteiger partial charge in [0.15, 0.2) is 0 Å². The molecular formula is C19H27N3O3S2. The molecule has 1 aromatic heterocycles. The van der Waals surface area contributed by atoms with Gasteiger partial charge in [0.2, 0.25) is 0 Å². The number of carbonyl (C=O) groups excluding carboxylic acids is 1. The van der Waals surface area contributed by atoms with E-state index in [0.29, 0.717) is 18.3 Å². The first-order chi connectivity index (χ1) is 12.7. The molecule has 0 fully saturated rings. The van der Waals surface area contributed by atoms with Crippen molar-refractivity contribution < 1.29 is 13.2 Å². The van der Waals surface area contributed by atoms with Crippen LogP contribution in [0.1, 0.15) is 36.0 Å². The van der Waals surface area contributed by atoms with Crippen molar-refractivity contribution in [1.82, 2.24) is 10.2 Å². The lowest BCUT2D eigenvalue weighted by molar-refractivity contribution is 0.0947. The van der Waals surface area contributed by atoms with Crippen LogP contribution in [0.5, 0.6) is 0 Å². The van der Waals surface area contributed by atoms with Crippen LogP contribution in [-0.2, 0) is 10.0 Å². The minimum Gasteiger partial charge on any atom is -0.350 e. The lowest BCUT2D eigenvalue weighted by atomic mass is 10.2. The standard InChI is InChI=1S/C19H27N3O3S2/c1-5-22(14(2)3)12-11-20-19(23)18-17(10-13-26-18)27(24,25)21-16-8-6-15(4)7-9-16/h6-10,13-14,21H,5,11-12H2,1-4H3,(H,20,23). The molecule has 0 atom stereocenters. The Bertz CT molecular complexity index is 859. The minimum atomic E-state index is -3.83. The maximum atomic E-state index is 12.7. The van der Waals surface area contributed by atoms with E-state index in [4.69, 9.17) is 0 Å². The van der Waals surface area contributed by atoms with Crippen molar-refractivity contribution in [3.8, 4) is 0 Å². The molecule has 0 bridgehead atoms. The Morgan fingerprint density at radius 1 is 1.19 bits per heavy atom. The highest BCUT2D eigenvalue weighted by molar-refractivity contribution is 7.93. The number of hydrogen-bond acceptors (Lipinski definition) is 5. The topological polar surface area (TPSA) is 78.5 Å². The lowest BCUT2D eigenvalue weighted by Gasteiger charge is -2.24. The summed E-state index contributed by atoms with van der Waals surface area (Å²) in [7, 11) is -3.83. The van der Waals surface area contributed by atoms with Gasteiger partial charge in [0.05, 0.1) is 0 Å². The molecule has 148 valence electrons. The van der Waals surface area contributed by atoms with Gasteiger partial charge < -0.3 is 5.32 Å². The fraction of sp³-hybridized carbons (Fsp3) is 0.421. The number of benzene rings is 1. The SMILES string of the molecule is CCN(CCNC(=O)c1sccc1S(=O)(=O)Nc1ccc(C)cc1)C(C)C. The Morgan fingerprint density at radius 3 is 2.44 bits per heavy atom. The van der Waals surface area contributed by atoms with Crippen LogP contribution in [0.3, 0.4) is 0 Å². The van der Waals surface area contributed by atoms with Gasteiger partial charge in [-0.25, -0.2) is 8.42 Å². The van der Waals surface area contributed by atoms with E-state index < -0.39 is 10.0 Å². The fourth-order valence-electron chi connectivity index (χ4n) is 2.68. The average Bonchev–Trinajstić information content (AvgIpc) is 3.11. The first-order valence-corrected chi connectivity index (χ1v) is 11.3. The molecule has 0 radical (unpaired) electrons. The molecule has 0 saturated carbocycles. The highest BCUT2D eigenvalue weighted by atomic mass is 32.2. The van der Waals surface area contributed by atoms with Crippen LogP contribution in [0.25, 0.3) is 0 Å². The second kappa shape index (κ2) is 9.34. The Balaban J connectivity index is 2.07. The minimum absolute atomic E-state index is 0.00165. The monoisotopic (exact) mass is 409 g/mol. The van der Waals surface area contributed by atoms with E-state index in [9.17, 15) is 13.2 Å². The van der Waals surface area contributed by atoms with E-state index in [1.165, 1.54) is 6.07 Å². The normalized spacial score (nSPS) is 11.8. The molecule has 1 heterocycles. The molecule has 0 aliphatic carbocycles. The Kier molecular flexibility index (Phi) is 7.41. The number of amides is 1. The van der Waals surface area contributed by atoms with Crippen LogP contribution < -0.4 is 10.0 Å². The average molecular weight is 410 g/mol. The number of hydrogen-bond donors (Lipinski definition) is 2. The zero-order chi connectivity index (χ0) is 20.0. The summed E-state index contributed by atoms with van der Waals surface area (Å²) in [6.45, 7) is 10.3. The van der Waals surface area contributed by atoms with E-state index in [-0.39, 0.29) is 15.7 Å². The second-order valence-electron chi connectivity index (χ2n) is 6.56. The van der Waals surface area contributed by atoms with Crippen molar-refractivity contribution in [2.45, 2.75) is 38.6 Å². The summed E-state index contributed by atoms with van der Waals surface area (Å²) < 4.78 is 27.9. The lowest BCUT2D eigenvalue weighted by Crippen LogP contribution is -2.38. The predicted octanol–water partition coefficient (Wildman–Crippen LogP) is 3.32. The van der Waals surface area contributed by atoms with Crippen molar-refractivity contribution in [3.63, 3.8) is 0 Å². The molecule has 0 unspecified atom stereocenters. The zero-order valence-electron chi connectivity index (χ0n) is 16.2. The van der Waals surface area contributed by atoms with Crippen LogP contribution in [0.4, 0.5) is 5.69 Å². The van der Waals surface area contributed by atoms with Crippen LogP contribution in [0.15, 0.2) is 40.6 Å². The maximum absolute atomic E-state index is 12.7. The first kappa shape index (κ1) is 21.4. The molecule has 0 spiro atoms. The number of anilines is 1. The summed E-state index contributed by atoms with van der Waals surface area (Å²) in [5, 5.41) is 4.44. The highest BCUT2D eigenvalue weighted by Crippen LogP contribution is 2.24. The smallest absolute Gasteiger partial charge is 0.263 e. The highest BCUT2D eigenvalue weighted by Gasteiger charge is 2.24. The van der Waals surface area contributed by atoms with Crippen LogP contribution in [0.2, 0.25) is 0 Å². The largest absolute Gasteiger partial charge is 0.350 e. The molecule has 1 amide bonds.